The van der Waals surface area contributed by atoms with Gasteiger partial charge < -0.3 is 14.5 Å². The summed E-state index contributed by atoms with van der Waals surface area (Å²) in [6.07, 6.45) is 2.80. The van der Waals surface area contributed by atoms with Crippen molar-refractivity contribution < 1.29 is 17.5 Å². The molecule has 10 heteroatoms. The number of hydrogen-bond acceptors (Lipinski definition) is 7. The molecule has 0 bridgehead atoms. The van der Waals surface area contributed by atoms with Crippen molar-refractivity contribution in [2.45, 2.75) is 4.90 Å². The van der Waals surface area contributed by atoms with E-state index in [1.54, 1.807) is 0 Å². The standard InChI is InChI=1S/C21H22FN5O3S/c1-30-19-8-7-16(22)13-20(19)31(28,29)25-17-14-23-21(24-15-17)27-11-9-26(10-12-27)18-5-3-2-4-6-18/h2-8,13-15,25H,9-12H2,1H3. The molecular formula is C21H22FN5O3S. The molecule has 0 radical (unpaired) electrons. The van der Waals surface area contributed by atoms with E-state index >= 15 is 0 Å². The molecule has 162 valence electrons. The Morgan fingerprint density at radius 2 is 1.61 bits per heavy atom. The van der Waals surface area contributed by atoms with Crippen molar-refractivity contribution in [1.29, 1.82) is 0 Å². The lowest BCUT2D eigenvalue weighted by Gasteiger charge is -2.36. The molecule has 3 aromatic rings. The van der Waals surface area contributed by atoms with Crippen molar-refractivity contribution in [1.82, 2.24) is 9.97 Å². The largest absolute Gasteiger partial charge is 0.495 e. The Morgan fingerprint density at radius 3 is 2.26 bits per heavy atom. The number of hydrogen-bond donors (Lipinski definition) is 1. The van der Waals surface area contributed by atoms with Crippen LogP contribution in [0, 0.1) is 5.82 Å². The number of methoxy groups -OCH3 is 1. The van der Waals surface area contributed by atoms with Crippen LogP contribution in [-0.2, 0) is 10.0 Å². The molecule has 2 aromatic carbocycles. The van der Waals surface area contributed by atoms with Crippen LogP contribution in [0.1, 0.15) is 0 Å². The summed E-state index contributed by atoms with van der Waals surface area (Å²) < 4.78 is 46.3. The minimum atomic E-state index is -4.07. The average molecular weight is 444 g/mol. The fraction of sp³-hybridized carbons (Fsp3) is 0.238. The summed E-state index contributed by atoms with van der Waals surface area (Å²) in [7, 11) is -2.75. The Labute approximate surface area is 180 Å². The maximum Gasteiger partial charge on any atom is 0.265 e. The highest BCUT2D eigenvalue weighted by Gasteiger charge is 2.22. The summed E-state index contributed by atoms with van der Waals surface area (Å²) in [5, 5.41) is 0. The molecule has 1 aromatic heterocycles. The summed E-state index contributed by atoms with van der Waals surface area (Å²) in [6.45, 7) is 3.17. The van der Waals surface area contributed by atoms with Crippen molar-refractivity contribution in [3.05, 3.63) is 66.7 Å². The molecule has 1 saturated heterocycles. The predicted molar refractivity (Wildman–Crippen MR) is 117 cm³/mol. The first-order valence-corrected chi connectivity index (χ1v) is 11.2. The third-order valence-corrected chi connectivity index (χ3v) is 6.39. The fourth-order valence-corrected chi connectivity index (χ4v) is 4.62. The van der Waals surface area contributed by atoms with Crippen LogP contribution >= 0.6 is 0 Å². The maximum absolute atomic E-state index is 13.6. The van der Waals surface area contributed by atoms with Crippen molar-refractivity contribution in [3.8, 4) is 5.75 Å². The SMILES string of the molecule is COc1ccc(F)cc1S(=O)(=O)Nc1cnc(N2CCN(c3ccccc3)CC2)nc1. The van der Waals surface area contributed by atoms with Gasteiger partial charge in [0, 0.05) is 31.9 Å². The quantitative estimate of drug-likeness (QED) is 0.627. The van der Waals surface area contributed by atoms with Gasteiger partial charge in [-0.1, -0.05) is 18.2 Å². The second-order valence-corrected chi connectivity index (χ2v) is 8.63. The number of halogens is 1. The molecule has 0 atom stereocenters. The van der Waals surface area contributed by atoms with Gasteiger partial charge >= 0.3 is 0 Å². The molecule has 0 spiro atoms. The normalized spacial score (nSPS) is 14.4. The molecule has 1 fully saturated rings. The molecule has 0 aliphatic carbocycles. The van der Waals surface area contributed by atoms with Crippen LogP contribution in [0.4, 0.5) is 21.7 Å². The molecule has 1 aliphatic rings. The summed E-state index contributed by atoms with van der Waals surface area (Å²) in [6, 6.07) is 13.5. The zero-order chi connectivity index (χ0) is 21.8. The number of para-hydroxylation sites is 1. The topological polar surface area (TPSA) is 87.7 Å². The highest BCUT2D eigenvalue weighted by Crippen LogP contribution is 2.26. The van der Waals surface area contributed by atoms with E-state index < -0.39 is 15.8 Å². The first-order chi connectivity index (χ1) is 15.0. The van der Waals surface area contributed by atoms with E-state index in [1.165, 1.54) is 31.3 Å². The van der Waals surface area contributed by atoms with Crippen molar-refractivity contribution >= 4 is 27.3 Å². The summed E-state index contributed by atoms with van der Waals surface area (Å²) in [5.74, 6) is -0.107. The molecule has 2 heterocycles. The number of anilines is 3. The number of ether oxygens (including phenoxy) is 1. The zero-order valence-corrected chi connectivity index (χ0v) is 17.7. The summed E-state index contributed by atoms with van der Waals surface area (Å²) in [4.78, 5) is 12.7. The van der Waals surface area contributed by atoms with Crippen LogP contribution in [0.25, 0.3) is 0 Å². The van der Waals surface area contributed by atoms with Crippen LogP contribution in [0.15, 0.2) is 65.8 Å². The predicted octanol–water partition coefficient (Wildman–Crippen LogP) is 2.75. The number of piperazine rings is 1. The molecule has 0 amide bonds. The number of nitrogens with one attached hydrogen (secondary N) is 1. The van der Waals surface area contributed by atoms with Gasteiger partial charge in [-0.05, 0) is 30.3 Å². The number of benzene rings is 2. The average Bonchev–Trinajstić information content (AvgIpc) is 2.80. The van der Waals surface area contributed by atoms with E-state index in [1.807, 2.05) is 23.1 Å². The highest BCUT2D eigenvalue weighted by molar-refractivity contribution is 7.92. The molecule has 1 aliphatic heterocycles. The third kappa shape index (κ3) is 4.69. The molecule has 0 saturated carbocycles. The Bertz CT molecular complexity index is 1140. The Hall–Kier alpha value is -3.40. The molecule has 8 nitrogen and oxygen atoms in total. The molecule has 1 N–H and O–H groups in total. The Kier molecular flexibility index (Phi) is 5.90. The van der Waals surface area contributed by atoms with Crippen molar-refractivity contribution in [2.24, 2.45) is 0 Å². The van der Waals surface area contributed by atoms with Crippen molar-refractivity contribution in [2.75, 3.05) is 47.8 Å². The van der Waals surface area contributed by atoms with Crippen LogP contribution in [-0.4, -0.2) is 51.7 Å². The molecular weight excluding hydrogens is 421 g/mol. The Morgan fingerprint density at radius 1 is 0.968 bits per heavy atom. The summed E-state index contributed by atoms with van der Waals surface area (Å²) in [5.41, 5.74) is 1.36. The van der Waals surface area contributed by atoms with E-state index in [0.717, 1.165) is 38.3 Å². The van der Waals surface area contributed by atoms with Gasteiger partial charge in [0.15, 0.2) is 0 Å². The van der Waals surface area contributed by atoms with Gasteiger partial charge in [0.2, 0.25) is 5.95 Å². The molecule has 4 rings (SSSR count). The smallest absolute Gasteiger partial charge is 0.265 e. The lowest BCUT2D eigenvalue weighted by Crippen LogP contribution is -2.47. The van der Waals surface area contributed by atoms with E-state index in [2.05, 4.69) is 31.7 Å². The summed E-state index contributed by atoms with van der Waals surface area (Å²) >= 11 is 0. The molecule has 0 unspecified atom stereocenters. The van der Waals surface area contributed by atoms with Crippen LogP contribution < -0.4 is 19.3 Å². The van der Waals surface area contributed by atoms with Gasteiger partial charge in [-0.2, -0.15) is 0 Å². The lowest BCUT2D eigenvalue weighted by molar-refractivity contribution is 0.401. The van der Waals surface area contributed by atoms with Crippen LogP contribution in [0.5, 0.6) is 5.75 Å². The number of sulfonamides is 1. The minimum absolute atomic E-state index is 0.0442. The zero-order valence-electron chi connectivity index (χ0n) is 16.9. The van der Waals surface area contributed by atoms with Crippen LogP contribution in [0.2, 0.25) is 0 Å². The van der Waals surface area contributed by atoms with E-state index in [4.69, 9.17) is 4.74 Å². The molecule has 31 heavy (non-hydrogen) atoms. The van der Waals surface area contributed by atoms with Crippen molar-refractivity contribution in [3.63, 3.8) is 0 Å². The van der Waals surface area contributed by atoms with Gasteiger partial charge in [0.1, 0.15) is 16.5 Å². The van der Waals surface area contributed by atoms with Gasteiger partial charge in [0.25, 0.3) is 10.0 Å². The second-order valence-electron chi connectivity index (χ2n) is 6.98. The van der Waals surface area contributed by atoms with Crippen LogP contribution in [0.3, 0.4) is 0 Å². The van der Waals surface area contributed by atoms with Gasteiger partial charge in [-0.3, -0.25) is 4.72 Å². The van der Waals surface area contributed by atoms with Gasteiger partial charge in [0.05, 0.1) is 25.2 Å². The highest BCUT2D eigenvalue weighted by atomic mass is 32.2. The minimum Gasteiger partial charge on any atom is -0.495 e. The lowest BCUT2D eigenvalue weighted by atomic mass is 10.2. The van der Waals surface area contributed by atoms with E-state index in [0.29, 0.717) is 5.95 Å². The van der Waals surface area contributed by atoms with Gasteiger partial charge in [-0.15, -0.1) is 0 Å². The fourth-order valence-electron chi connectivity index (χ4n) is 3.41. The van der Waals surface area contributed by atoms with E-state index in [-0.39, 0.29) is 16.3 Å². The monoisotopic (exact) mass is 443 g/mol. The first-order valence-electron chi connectivity index (χ1n) is 9.69. The number of nitrogens with zero attached hydrogens (tertiary/aromatic N) is 4. The number of aromatic nitrogens is 2. The first kappa shape index (κ1) is 20.9. The number of rotatable bonds is 6. The Balaban J connectivity index is 1.43. The maximum atomic E-state index is 13.6. The third-order valence-electron chi connectivity index (χ3n) is 4.99. The second kappa shape index (κ2) is 8.76. The van der Waals surface area contributed by atoms with E-state index in [9.17, 15) is 12.8 Å². The van der Waals surface area contributed by atoms with Gasteiger partial charge in [-0.25, -0.2) is 22.8 Å².